The van der Waals surface area contributed by atoms with E-state index in [0.717, 1.165) is 25.9 Å². The van der Waals surface area contributed by atoms with Gasteiger partial charge in [-0.05, 0) is 24.0 Å². The van der Waals surface area contributed by atoms with Crippen LogP contribution >= 0.6 is 0 Å². The molecule has 9 nitrogen and oxygen atoms in total. The molecule has 1 heterocycles. The highest BCUT2D eigenvalue weighted by Gasteiger charge is 2.33. The Morgan fingerprint density at radius 2 is 1.84 bits per heavy atom. The number of carbonyl (C=O) groups excluding carboxylic acids is 1. The molecule has 1 N–H and O–H groups in total. The van der Waals surface area contributed by atoms with Gasteiger partial charge in [0.15, 0.2) is 5.75 Å². The van der Waals surface area contributed by atoms with Crippen LogP contribution in [-0.4, -0.2) is 56.2 Å². The van der Waals surface area contributed by atoms with Gasteiger partial charge in [0.2, 0.25) is 11.5 Å². The molecular formula is C23H29N3O6. The zero-order valence-electron chi connectivity index (χ0n) is 18.8. The van der Waals surface area contributed by atoms with Crippen molar-refractivity contribution in [2.45, 2.75) is 32.4 Å². The van der Waals surface area contributed by atoms with Gasteiger partial charge in [-0.3, -0.25) is 19.8 Å². The van der Waals surface area contributed by atoms with E-state index in [1.54, 1.807) is 0 Å². The first kappa shape index (κ1) is 23.3. The number of amides is 1. The number of nitro groups is 1. The monoisotopic (exact) mass is 443 g/mol. The van der Waals surface area contributed by atoms with E-state index in [-0.39, 0.29) is 28.9 Å². The molecule has 2 aromatic rings. The Bertz CT molecular complexity index is 994. The lowest BCUT2D eigenvalue weighted by molar-refractivity contribution is -0.386. The summed E-state index contributed by atoms with van der Waals surface area (Å²) in [6.45, 7) is 4.15. The highest BCUT2D eigenvalue weighted by Crippen LogP contribution is 2.46. The number of hydrogen-bond acceptors (Lipinski definition) is 7. The first-order valence-corrected chi connectivity index (χ1v) is 10.5. The topological polar surface area (TPSA) is 103 Å². The predicted octanol–water partition coefficient (Wildman–Crippen LogP) is 3.19. The minimum atomic E-state index is -0.644. The number of ether oxygens (including phenoxy) is 3. The second-order valence-electron chi connectivity index (χ2n) is 7.56. The summed E-state index contributed by atoms with van der Waals surface area (Å²) in [6, 6.07) is 9.79. The van der Waals surface area contributed by atoms with Crippen molar-refractivity contribution in [2.75, 3.05) is 34.4 Å². The van der Waals surface area contributed by atoms with Crippen LogP contribution in [-0.2, 0) is 13.0 Å². The summed E-state index contributed by atoms with van der Waals surface area (Å²) in [5.74, 6) is -0.468. The van der Waals surface area contributed by atoms with Gasteiger partial charge in [-0.15, -0.1) is 0 Å². The molecule has 1 atom stereocenters. The lowest BCUT2D eigenvalue weighted by atomic mass is 9.98. The molecule has 2 aromatic carbocycles. The van der Waals surface area contributed by atoms with E-state index in [4.69, 9.17) is 14.2 Å². The van der Waals surface area contributed by atoms with E-state index < -0.39 is 16.5 Å². The lowest BCUT2D eigenvalue weighted by Crippen LogP contribution is -2.45. The summed E-state index contributed by atoms with van der Waals surface area (Å²) in [5.41, 5.74) is 2.06. The fraction of sp³-hybridized carbons (Fsp3) is 0.435. The second-order valence-corrected chi connectivity index (χ2v) is 7.56. The van der Waals surface area contributed by atoms with Gasteiger partial charge in [0.05, 0.1) is 26.3 Å². The smallest absolute Gasteiger partial charge is 0.327 e. The number of methoxy groups -OCH3 is 3. The molecule has 9 heteroatoms. The number of rotatable bonds is 9. The first-order chi connectivity index (χ1) is 15.4. The molecule has 0 saturated carbocycles. The summed E-state index contributed by atoms with van der Waals surface area (Å²) in [7, 11) is 4.03. The largest absolute Gasteiger partial charge is 0.493 e. The zero-order valence-corrected chi connectivity index (χ0v) is 18.8. The minimum absolute atomic E-state index is 0.0664. The fourth-order valence-electron chi connectivity index (χ4n) is 4.16. The number of carbonyl (C=O) groups is 1. The van der Waals surface area contributed by atoms with Crippen molar-refractivity contribution in [3.63, 3.8) is 0 Å². The quantitative estimate of drug-likeness (QED) is 0.469. The number of fused-ring (bicyclic) bond motifs is 1. The standard InChI is InChI=1S/C23H29N3O6/c1-5-17(25-11-10-15-8-6-7-9-16(15)14-25)13-24-23(27)18-12-19(30-2)21(31-3)22(32-4)20(18)26(28)29/h6-9,12,17H,5,10-11,13-14H2,1-4H3,(H,24,27). The molecule has 0 aromatic heterocycles. The van der Waals surface area contributed by atoms with Gasteiger partial charge in [0.25, 0.3) is 5.91 Å². The summed E-state index contributed by atoms with van der Waals surface area (Å²) < 4.78 is 15.7. The second kappa shape index (κ2) is 10.3. The molecular weight excluding hydrogens is 414 g/mol. The Morgan fingerprint density at radius 3 is 2.44 bits per heavy atom. The Labute approximate surface area is 187 Å². The Kier molecular flexibility index (Phi) is 7.53. The van der Waals surface area contributed by atoms with Crippen LogP contribution in [0.15, 0.2) is 30.3 Å². The van der Waals surface area contributed by atoms with Crippen LogP contribution < -0.4 is 19.5 Å². The Morgan fingerprint density at radius 1 is 1.16 bits per heavy atom. The highest BCUT2D eigenvalue weighted by atomic mass is 16.6. The summed E-state index contributed by atoms with van der Waals surface area (Å²) in [4.78, 5) is 26.5. The van der Waals surface area contributed by atoms with Crippen molar-refractivity contribution in [1.29, 1.82) is 0 Å². The third-order valence-electron chi connectivity index (χ3n) is 5.88. The molecule has 0 spiro atoms. The molecule has 32 heavy (non-hydrogen) atoms. The van der Waals surface area contributed by atoms with Crippen LogP contribution in [0.4, 0.5) is 5.69 Å². The van der Waals surface area contributed by atoms with E-state index in [2.05, 4.69) is 35.3 Å². The van der Waals surface area contributed by atoms with E-state index in [1.807, 2.05) is 6.07 Å². The van der Waals surface area contributed by atoms with E-state index in [9.17, 15) is 14.9 Å². The maximum atomic E-state index is 13.0. The summed E-state index contributed by atoms with van der Waals surface area (Å²) in [5, 5.41) is 14.6. The van der Waals surface area contributed by atoms with Gasteiger partial charge in [-0.1, -0.05) is 31.2 Å². The molecule has 1 unspecified atom stereocenters. The molecule has 1 aliphatic rings. The molecule has 1 amide bonds. The van der Waals surface area contributed by atoms with Crippen LogP contribution in [0.2, 0.25) is 0 Å². The Balaban J connectivity index is 1.81. The lowest BCUT2D eigenvalue weighted by Gasteiger charge is -2.35. The number of hydrogen-bond donors (Lipinski definition) is 1. The van der Waals surface area contributed by atoms with Gasteiger partial charge in [-0.2, -0.15) is 0 Å². The first-order valence-electron chi connectivity index (χ1n) is 10.5. The van der Waals surface area contributed by atoms with E-state index >= 15 is 0 Å². The number of nitro benzene ring substituents is 1. The van der Waals surface area contributed by atoms with E-state index in [0.29, 0.717) is 6.54 Å². The SMILES string of the molecule is CCC(CNC(=O)c1cc(OC)c(OC)c(OC)c1[N+](=O)[O-])N1CCc2ccccc2C1. The third kappa shape index (κ3) is 4.62. The molecule has 172 valence electrons. The van der Waals surface area contributed by atoms with Crippen molar-refractivity contribution in [2.24, 2.45) is 0 Å². The predicted molar refractivity (Wildman–Crippen MR) is 120 cm³/mol. The molecule has 0 saturated heterocycles. The molecule has 0 radical (unpaired) electrons. The van der Waals surface area contributed by atoms with Crippen LogP contribution in [0, 0.1) is 10.1 Å². The van der Waals surface area contributed by atoms with Crippen molar-refractivity contribution in [1.82, 2.24) is 10.2 Å². The van der Waals surface area contributed by atoms with Gasteiger partial charge in [0.1, 0.15) is 5.56 Å². The summed E-state index contributed by atoms with van der Waals surface area (Å²) >= 11 is 0. The van der Waals surface area contributed by atoms with Crippen LogP contribution in [0.1, 0.15) is 34.8 Å². The van der Waals surface area contributed by atoms with Crippen LogP contribution in [0.5, 0.6) is 17.2 Å². The number of nitrogens with zero attached hydrogens (tertiary/aromatic N) is 2. The highest BCUT2D eigenvalue weighted by molar-refractivity contribution is 6.00. The van der Waals surface area contributed by atoms with Crippen molar-refractivity contribution in [3.8, 4) is 17.2 Å². The van der Waals surface area contributed by atoms with Crippen molar-refractivity contribution < 1.29 is 23.9 Å². The maximum absolute atomic E-state index is 13.0. The number of benzene rings is 2. The average molecular weight is 444 g/mol. The van der Waals surface area contributed by atoms with Gasteiger partial charge < -0.3 is 19.5 Å². The molecule has 0 bridgehead atoms. The summed E-state index contributed by atoms with van der Waals surface area (Å²) in [6.07, 6.45) is 1.79. The minimum Gasteiger partial charge on any atom is -0.493 e. The van der Waals surface area contributed by atoms with Gasteiger partial charge >= 0.3 is 5.69 Å². The normalized spacial score (nSPS) is 14.2. The maximum Gasteiger partial charge on any atom is 0.327 e. The van der Waals surface area contributed by atoms with E-state index in [1.165, 1.54) is 38.5 Å². The van der Waals surface area contributed by atoms with Crippen molar-refractivity contribution >= 4 is 11.6 Å². The fourth-order valence-corrected chi connectivity index (χ4v) is 4.16. The zero-order chi connectivity index (χ0) is 23.3. The van der Waals surface area contributed by atoms with Gasteiger partial charge in [-0.25, -0.2) is 0 Å². The molecule has 0 aliphatic carbocycles. The van der Waals surface area contributed by atoms with Crippen molar-refractivity contribution in [3.05, 3.63) is 57.1 Å². The van der Waals surface area contributed by atoms with Crippen LogP contribution in [0.25, 0.3) is 0 Å². The average Bonchev–Trinajstić information content (AvgIpc) is 2.82. The third-order valence-corrected chi connectivity index (χ3v) is 5.88. The number of nitrogens with one attached hydrogen (secondary N) is 1. The Hall–Kier alpha value is -3.33. The molecule has 1 aliphatic heterocycles. The molecule has 0 fully saturated rings. The van der Waals surface area contributed by atoms with Gasteiger partial charge in [0, 0.05) is 31.7 Å². The molecule has 3 rings (SSSR count). The van der Waals surface area contributed by atoms with Crippen LogP contribution in [0.3, 0.4) is 0 Å².